The average molecular weight is 444 g/mol. The fourth-order valence-electron chi connectivity index (χ4n) is 3.28. The number of benzene rings is 1. The molecule has 2 N–H and O–H groups in total. The number of hydrogen-bond acceptors (Lipinski definition) is 6. The van der Waals surface area contributed by atoms with Gasteiger partial charge in [-0.25, -0.2) is 14.1 Å². The molecule has 0 unspecified atom stereocenters. The van der Waals surface area contributed by atoms with Gasteiger partial charge >= 0.3 is 0 Å². The van der Waals surface area contributed by atoms with Crippen LogP contribution in [-0.4, -0.2) is 34.4 Å². The SMILES string of the molecule is CC(C)n1cnc2c(NCc3c(F)cccc3-n3ccc(C(C)(C)O)n3)nc(Cl)nc21. The van der Waals surface area contributed by atoms with Gasteiger partial charge in [-0.1, -0.05) is 6.07 Å². The molecule has 3 aromatic heterocycles. The van der Waals surface area contributed by atoms with E-state index in [2.05, 4.69) is 25.4 Å². The maximum atomic E-state index is 14.8. The van der Waals surface area contributed by atoms with Crippen molar-refractivity contribution in [1.82, 2.24) is 29.3 Å². The van der Waals surface area contributed by atoms with Crippen molar-refractivity contribution in [3.05, 3.63) is 59.1 Å². The molecule has 0 bridgehead atoms. The van der Waals surface area contributed by atoms with Crippen LogP contribution in [0.25, 0.3) is 16.9 Å². The Hall–Kier alpha value is -3.04. The van der Waals surface area contributed by atoms with Crippen molar-refractivity contribution in [2.75, 3.05) is 5.32 Å². The fourth-order valence-corrected chi connectivity index (χ4v) is 3.45. The highest BCUT2D eigenvalue weighted by molar-refractivity contribution is 6.28. The van der Waals surface area contributed by atoms with Gasteiger partial charge in [0.2, 0.25) is 5.28 Å². The van der Waals surface area contributed by atoms with E-state index in [4.69, 9.17) is 11.6 Å². The normalized spacial score (nSPS) is 12.1. The summed E-state index contributed by atoms with van der Waals surface area (Å²) in [7, 11) is 0. The van der Waals surface area contributed by atoms with Crippen molar-refractivity contribution in [3.8, 4) is 5.69 Å². The lowest BCUT2D eigenvalue weighted by Gasteiger charge is -2.15. The zero-order chi connectivity index (χ0) is 22.3. The molecule has 0 amide bonds. The molecule has 0 spiro atoms. The Bertz CT molecular complexity index is 1240. The van der Waals surface area contributed by atoms with E-state index in [0.717, 1.165) is 0 Å². The molecule has 0 aliphatic carbocycles. The summed E-state index contributed by atoms with van der Waals surface area (Å²) in [4.78, 5) is 12.9. The summed E-state index contributed by atoms with van der Waals surface area (Å²) in [6.07, 6.45) is 3.37. The van der Waals surface area contributed by atoms with Gasteiger partial charge in [-0.3, -0.25) is 0 Å². The first-order chi connectivity index (χ1) is 14.6. The number of anilines is 1. The van der Waals surface area contributed by atoms with Gasteiger partial charge in [-0.2, -0.15) is 15.1 Å². The molecule has 0 aliphatic rings. The van der Waals surface area contributed by atoms with Crippen LogP contribution in [0.5, 0.6) is 0 Å². The van der Waals surface area contributed by atoms with Crippen LogP contribution in [0, 0.1) is 5.82 Å². The number of halogens is 2. The third kappa shape index (κ3) is 4.11. The molecule has 0 saturated carbocycles. The molecule has 4 rings (SSSR count). The standard InChI is InChI=1S/C21H23ClFN7O/c1-12(2)29-11-25-17-18(26-20(22)27-19(17)29)24-10-13-14(23)6-5-7-15(13)30-9-8-16(28-30)21(3,4)31/h5-9,11-12,31H,10H2,1-4H3,(H,24,26,27). The Balaban J connectivity index is 1.70. The second-order valence-corrected chi connectivity index (χ2v) is 8.39. The van der Waals surface area contributed by atoms with Crippen molar-refractivity contribution in [3.63, 3.8) is 0 Å². The number of rotatable bonds is 6. The van der Waals surface area contributed by atoms with Gasteiger partial charge in [0, 0.05) is 24.3 Å². The lowest BCUT2D eigenvalue weighted by atomic mass is 10.1. The molecule has 1 aromatic carbocycles. The van der Waals surface area contributed by atoms with Crippen LogP contribution in [0.15, 0.2) is 36.8 Å². The van der Waals surface area contributed by atoms with E-state index in [0.29, 0.717) is 33.9 Å². The number of aliphatic hydroxyl groups is 1. The summed E-state index contributed by atoms with van der Waals surface area (Å²) in [6.45, 7) is 7.45. The van der Waals surface area contributed by atoms with Crippen molar-refractivity contribution in [2.24, 2.45) is 0 Å². The molecule has 162 valence electrons. The molecule has 0 atom stereocenters. The van der Waals surface area contributed by atoms with Crippen molar-refractivity contribution in [1.29, 1.82) is 0 Å². The first kappa shape index (κ1) is 21.2. The molecular weight excluding hydrogens is 421 g/mol. The van der Waals surface area contributed by atoms with E-state index in [1.807, 2.05) is 18.4 Å². The Kier molecular flexibility index (Phi) is 5.40. The van der Waals surface area contributed by atoms with Gasteiger partial charge < -0.3 is 15.0 Å². The molecule has 10 heteroatoms. The van der Waals surface area contributed by atoms with Gasteiger partial charge in [0.15, 0.2) is 17.0 Å². The predicted molar refractivity (Wildman–Crippen MR) is 117 cm³/mol. The highest BCUT2D eigenvalue weighted by Gasteiger charge is 2.21. The lowest BCUT2D eigenvalue weighted by molar-refractivity contribution is 0.0734. The molecule has 0 saturated heterocycles. The predicted octanol–water partition coefficient (Wildman–Crippen LogP) is 4.22. The molecule has 0 radical (unpaired) electrons. The largest absolute Gasteiger partial charge is 0.384 e. The van der Waals surface area contributed by atoms with Crippen LogP contribution in [0.2, 0.25) is 5.28 Å². The van der Waals surface area contributed by atoms with Gasteiger partial charge in [0.25, 0.3) is 0 Å². The van der Waals surface area contributed by atoms with Crippen LogP contribution in [0.1, 0.15) is 45.0 Å². The van der Waals surface area contributed by atoms with E-state index in [1.165, 1.54) is 6.07 Å². The van der Waals surface area contributed by atoms with E-state index in [9.17, 15) is 9.50 Å². The topological polar surface area (TPSA) is 93.7 Å². The fraction of sp³-hybridized carbons (Fsp3) is 0.333. The van der Waals surface area contributed by atoms with Gasteiger partial charge in [-0.05, 0) is 57.5 Å². The summed E-state index contributed by atoms with van der Waals surface area (Å²) < 4.78 is 18.2. The van der Waals surface area contributed by atoms with Crippen LogP contribution in [0.3, 0.4) is 0 Å². The Morgan fingerprint density at radius 3 is 2.68 bits per heavy atom. The number of fused-ring (bicyclic) bond motifs is 1. The quantitative estimate of drug-likeness (QED) is 0.433. The zero-order valence-electron chi connectivity index (χ0n) is 17.6. The molecule has 4 aromatic rings. The average Bonchev–Trinajstić information content (AvgIpc) is 3.33. The maximum absolute atomic E-state index is 14.8. The van der Waals surface area contributed by atoms with Crippen LogP contribution in [0.4, 0.5) is 10.2 Å². The highest BCUT2D eigenvalue weighted by Crippen LogP contribution is 2.26. The minimum absolute atomic E-state index is 0.0769. The molecule has 31 heavy (non-hydrogen) atoms. The summed E-state index contributed by atoms with van der Waals surface area (Å²) >= 11 is 6.13. The Morgan fingerprint density at radius 1 is 1.23 bits per heavy atom. The molecule has 8 nitrogen and oxygen atoms in total. The van der Waals surface area contributed by atoms with Crippen LogP contribution < -0.4 is 5.32 Å². The molecular formula is C21H23ClFN7O. The summed E-state index contributed by atoms with van der Waals surface area (Å²) in [5.41, 5.74) is 1.48. The smallest absolute Gasteiger partial charge is 0.226 e. The van der Waals surface area contributed by atoms with Gasteiger partial charge in [0.05, 0.1) is 17.7 Å². The number of aromatic nitrogens is 6. The third-order valence-electron chi connectivity index (χ3n) is 4.94. The van der Waals surface area contributed by atoms with Gasteiger partial charge in [0.1, 0.15) is 11.4 Å². The monoisotopic (exact) mass is 443 g/mol. The minimum Gasteiger partial charge on any atom is -0.384 e. The van der Waals surface area contributed by atoms with E-state index in [1.54, 1.807) is 49.3 Å². The number of imidazole rings is 1. The highest BCUT2D eigenvalue weighted by atomic mass is 35.5. The van der Waals surface area contributed by atoms with Crippen LogP contribution >= 0.6 is 11.6 Å². The van der Waals surface area contributed by atoms with E-state index >= 15 is 0 Å². The molecule has 3 heterocycles. The van der Waals surface area contributed by atoms with Crippen molar-refractivity contribution < 1.29 is 9.50 Å². The van der Waals surface area contributed by atoms with E-state index in [-0.39, 0.29) is 17.9 Å². The Morgan fingerprint density at radius 2 is 2.00 bits per heavy atom. The van der Waals surface area contributed by atoms with Crippen molar-refractivity contribution >= 4 is 28.6 Å². The Labute approximate surface area is 183 Å². The number of nitrogens with zero attached hydrogens (tertiary/aromatic N) is 6. The third-order valence-corrected chi connectivity index (χ3v) is 5.11. The van der Waals surface area contributed by atoms with E-state index < -0.39 is 11.4 Å². The second-order valence-electron chi connectivity index (χ2n) is 8.05. The minimum atomic E-state index is -1.10. The van der Waals surface area contributed by atoms with Crippen molar-refractivity contribution in [2.45, 2.75) is 45.9 Å². The summed E-state index contributed by atoms with van der Waals surface area (Å²) in [5.74, 6) is 0.0238. The first-order valence-corrected chi connectivity index (χ1v) is 10.2. The zero-order valence-corrected chi connectivity index (χ0v) is 18.4. The second kappa shape index (κ2) is 7.90. The molecule has 0 aliphatic heterocycles. The lowest BCUT2D eigenvalue weighted by Crippen LogP contribution is -2.17. The van der Waals surface area contributed by atoms with Gasteiger partial charge in [-0.15, -0.1) is 0 Å². The molecule has 0 fully saturated rings. The summed E-state index contributed by atoms with van der Waals surface area (Å²) in [5, 5.41) is 17.8. The maximum Gasteiger partial charge on any atom is 0.226 e. The number of hydrogen-bond donors (Lipinski definition) is 2. The van der Waals surface area contributed by atoms with Crippen LogP contribution in [-0.2, 0) is 12.1 Å². The summed E-state index contributed by atoms with van der Waals surface area (Å²) in [6, 6.07) is 6.61. The number of nitrogens with one attached hydrogen (secondary N) is 1. The first-order valence-electron chi connectivity index (χ1n) is 9.85.